The van der Waals surface area contributed by atoms with Crippen molar-refractivity contribution in [3.63, 3.8) is 0 Å². The van der Waals surface area contributed by atoms with Crippen LogP contribution in [0.4, 0.5) is 5.69 Å². The minimum atomic E-state index is -3.41. The predicted molar refractivity (Wildman–Crippen MR) is 79.3 cm³/mol. The first kappa shape index (κ1) is 15.3. The highest BCUT2D eigenvalue weighted by atomic mass is 35.5. The van der Waals surface area contributed by atoms with Gasteiger partial charge in [-0.3, -0.25) is 4.72 Å². The molecule has 0 aliphatic carbocycles. The molecular weight excluding hydrogens is 302 g/mol. The molecule has 0 bridgehead atoms. The molecule has 0 saturated carbocycles. The molecular formula is C13H18ClNO4S. The van der Waals surface area contributed by atoms with Gasteiger partial charge in [0.15, 0.2) is 11.5 Å². The first-order chi connectivity index (χ1) is 9.50. The first-order valence-corrected chi connectivity index (χ1v) is 8.65. The molecule has 2 rings (SSSR count). The lowest BCUT2D eigenvalue weighted by molar-refractivity contribution is 0.297. The van der Waals surface area contributed by atoms with Crippen LogP contribution in [-0.2, 0) is 10.0 Å². The van der Waals surface area contributed by atoms with Crippen LogP contribution in [0.2, 0.25) is 0 Å². The fraction of sp³-hybridized carbons (Fsp3) is 0.538. The van der Waals surface area contributed by atoms with Crippen molar-refractivity contribution in [2.24, 2.45) is 5.92 Å². The molecule has 1 N–H and O–H groups in total. The van der Waals surface area contributed by atoms with Crippen LogP contribution in [0.25, 0.3) is 0 Å². The van der Waals surface area contributed by atoms with E-state index < -0.39 is 10.0 Å². The van der Waals surface area contributed by atoms with E-state index in [0.717, 1.165) is 6.42 Å². The second-order valence-electron chi connectivity index (χ2n) is 4.85. The van der Waals surface area contributed by atoms with Gasteiger partial charge in [-0.2, -0.15) is 0 Å². The molecule has 5 nitrogen and oxygen atoms in total. The molecule has 0 fully saturated rings. The highest BCUT2D eigenvalue weighted by molar-refractivity contribution is 7.92. The van der Waals surface area contributed by atoms with Crippen molar-refractivity contribution in [2.75, 3.05) is 29.6 Å². The maximum Gasteiger partial charge on any atom is 0.233 e. The lowest BCUT2D eigenvalue weighted by Crippen LogP contribution is -2.22. The molecule has 0 aromatic heterocycles. The number of hydrogen-bond acceptors (Lipinski definition) is 4. The number of benzene rings is 1. The summed E-state index contributed by atoms with van der Waals surface area (Å²) >= 11 is 5.65. The number of rotatable bonds is 5. The molecule has 0 amide bonds. The molecule has 1 aliphatic rings. The van der Waals surface area contributed by atoms with E-state index in [0.29, 0.717) is 36.3 Å². The monoisotopic (exact) mass is 319 g/mol. The largest absolute Gasteiger partial charge is 0.490 e. The molecule has 1 heterocycles. The van der Waals surface area contributed by atoms with E-state index in [1.54, 1.807) is 25.1 Å². The van der Waals surface area contributed by atoms with Gasteiger partial charge < -0.3 is 9.47 Å². The Balaban J connectivity index is 2.12. The number of hydrogen-bond donors (Lipinski definition) is 1. The minimum absolute atomic E-state index is 0.00899. The molecule has 0 radical (unpaired) electrons. The van der Waals surface area contributed by atoms with Crippen LogP contribution in [0.5, 0.6) is 11.5 Å². The summed E-state index contributed by atoms with van der Waals surface area (Å²) in [6.45, 7) is 2.96. The van der Waals surface area contributed by atoms with Gasteiger partial charge >= 0.3 is 0 Å². The zero-order valence-electron chi connectivity index (χ0n) is 11.3. The number of alkyl halides is 1. The predicted octanol–water partition coefficient (Wildman–Crippen LogP) is 2.46. The van der Waals surface area contributed by atoms with Gasteiger partial charge in [-0.15, -0.1) is 11.6 Å². The van der Waals surface area contributed by atoms with Crippen molar-refractivity contribution in [1.82, 2.24) is 0 Å². The van der Waals surface area contributed by atoms with Crippen LogP contribution in [0, 0.1) is 5.92 Å². The number of fused-ring (bicyclic) bond motifs is 1. The van der Waals surface area contributed by atoms with E-state index in [1.165, 1.54) is 0 Å². The maximum absolute atomic E-state index is 12.0. The van der Waals surface area contributed by atoms with E-state index >= 15 is 0 Å². The molecule has 20 heavy (non-hydrogen) atoms. The van der Waals surface area contributed by atoms with Crippen LogP contribution < -0.4 is 14.2 Å². The zero-order valence-corrected chi connectivity index (χ0v) is 12.8. The van der Waals surface area contributed by atoms with Gasteiger partial charge in [0, 0.05) is 18.4 Å². The second kappa shape index (κ2) is 6.54. The summed E-state index contributed by atoms with van der Waals surface area (Å²) in [4.78, 5) is 0. The Bertz CT molecular complexity index is 561. The van der Waals surface area contributed by atoms with Gasteiger partial charge in [-0.1, -0.05) is 6.92 Å². The summed E-state index contributed by atoms with van der Waals surface area (Å²) in [5.41, 5.74) is 0.469. The van der Waals surface area contributed by atoms with Crippen molar-refractivity contribution >= 4 is 27.3 Å². The molecule has 112 valence electrons. The Morgan fingerprint density at radius 3 is 2.70 bits per heavy atom. The number of nitrogens with one attached hydrogen (secondary N) is 1. The van der Waals surface area contributed by atoms with E-state index in [2.05, 4.69) is 4.72 Å². The number of halogens is 1. The van der Waals surface area contributed by atoms with Crippen molar-refractivity contribution in [3.8, 4) is 11.5 Å². The van der Waals surface area contributed by atoms with Crippen LogP contribution in [0.1, 0.15) is 13.3 Å². The summed E-state index contributed by atoms with van der Waals surface area (Å²) in [6, 6.07) is 5.02. The minimum Gasteiger partial charge on any atom is -0.490 e. The van der Waals surface area contributed by atoms with Gasteiger partial charge in [0.05, 0.1) is 24.7 Å². The Morgan fingerprint density at radius 1 is 1.30 bits per heavy atom. The van der Waals surface area contributed by atoms with Crippen LogP contribution in [0.3, 0.4) is 0 Å². The lowest BCUT2D eigenvalue weighted by atomic mass is 10.3. The van der Waals surface area contributed by atoms with Crippen LogP contribution in [-0.4, -0.2) is 33.3 Å². The van der Waals surface area contributed by atoms with Gasteiger partial charge in [0.25, 0.3) is 0 Å². The number of sulfonamides is 1. The standard InChI is InChI=1S/C13H18ClNO4S/c1-10(8-14)9-20(16,17)15-11-3-4-12-13(7-11)19-6-2-5-18-12/h3-4,7,10,15H,2,5-6,8-9H2,1H3. The lowest BCUT2D eigenvalue weighted by Gasteiger charge is -2.13. The molecule has 7 heteroatoms. The zero-order chi connectivity index (χ0) is 14.6. The smallest absolute Gasteiger partial charge is 0.233 e. The molecule has 1 aromatic carbocycles. The fourth-order valence-electron chi connectivity index (χ4n) is 1.87. The summed E-state index contributed by atoms with van der Waals surface area (Å²) in [7, 11) is -3.41. The Hall–Kier alpha value is -1.14. The topological polar surface area (TPSA) is 64.6 Å². The van der Waals surface area contributed by atoms with E-state index in [4.69, 9.17) is 21.1 Å². The Morgan fingerprint density at radius 2 is 2.00 bits per heavy atom. The van der Waals surface area contributed by atoms with Gasteiger partial charge in [-0.25, -0.2) is 8.42 Å². The molecule has 1 atom stereocenters. The van der Waals surface area contributed by atoms with Crippen molar-refractivity contribution in [3.05, 3.63) is 18.2 Å². The molecule has 0 spiro atoms. The SMILES string of the molecule is CC(CCl)CS(=O)(=O)Nc1ccc2c(c1)OCCCO2. The normalized spacial score (nSPS) is 16.3. The maximum atomic E-state index is 12.0. The second-order valence-corrected chi connectivity index (χ2v) is 6.93. The fourth-order valence-corrected chi connectivity index (χ4v) is 3.54. The van der Waals surface area contributed by atoms with E-state index in [-0.39, 0.29) is 11.7 Å². The third-order valence-electron chi connectivity index (χ3n) is 2.79. The van der Waals surface area contributed by atoms with Gasteiger partial charge in [0.1, 0.15) is 0 Å². The van der Waals surface area contributed by atoms with E-state index in [9.17, 15) is 8.42 Å². The van der Waals surface area contributed by atoms with Gasteiger partial charge in [-0.05, 0) is 18.1 Å². The average molecular weight is 320 g/mol. The number of anilines is 1. The van der Waals surface area contributed by atoms with Crippen molar-refractivity contribution in [2.45, 2.75) is 13.3 Å². The highest BCUT2D eigenvalue weighted by Gasteiger charge is 2.17. The number of ether oxygens (including phenoxy) is 2. The van der Waals surface area contributed by atoms with Crippen molar-refractivity contribution < 1.29 is 17.9 Å². The quantitative estimate of drug-likeness (QED) is 0.847. The highest BCUT2D eigenvalue weighted by Crippen LogP contribution is 2.32. The molecule has 1 aliphatic heterocycles. The molecule has 0 saturated heterocycles. The molecule has 1 unspecified atom stereocenters. The van der Waals surface area contributed by atoms with Gasteiger partial charge in [0.2, 0.25) is 10.0 Å². The Labute approximate surface area is 124 Å². The summed E-state index contributed by atoms with van der Waals surface area (Å²) in [5.74, 6) is 1.40. The first-order valence-electron chi connectivity index (χ1n) is 6.46. The summed E-state index contributed by atoms with van der Waals surface area (Å²) in [6.07, 6.45) is 0.809. The van der Waals surface area contributed by atoms with Crippen LogP contribution >= 0.6 is 11.6 Å². The average Bonchev–Trinajstić information content (AvgIpc) is 2.62. The molecule has 1 aromatic rings. The third kappa shape index (κ3) is 4.18. The van der Waals surface area contributed by atoms with Crippen molar-refractivity contribution in [1.29, 1.82) is 0 Å². The summed E-state index contributed by atoms with van der Waals surface area (Å²) in [5, 5.41) is 0. The van der Waals surface area contributed by atoms with Crippen LogP contribution in [0.15, 0.2) is 18.2 Å². The third-order valence-corrected chi connectivity index (χ3v) is 4.87. The van der Waals surface area contributed by atoms with E-state index in [1.807, 2.05) is 0 Å². The summed E-state index contributed by atoms with van der Waals surface area (Å²) < 4.78 is 37.5. The Kier molecular flexibility index (Phi) is 4.99.